The quantitative estimate of drug-likeness (QED) is 0.811. The predicted octanol–water partition coefficient (Wildman–Crippen LogP) is 1.39. The second-order valence-corrected chi connectivity index (χ2v) is 4.84. The second kappa shape index (κ2) is 6.69. The number of aromatic carboxylic acids is 1. The van der Waals surface area contributed by atoms with Crippen LogP contribution in [0.5, 0.6) is 0 Å². The lowest BCUT2D eigenvalue weighted by Gasteiger charge is -2.10. The van der Waals surface area contributed by atoms with Crippen molar-refractivity contribution in [3.8, 4) is 0 Å². The number of Topliss-reactive ketones (excluding diaryl/α,β-unsaturated/α-hetero) is 1. The van der Waals surface area contributed by atoms with Crippen LogP contribution in [0.15, 0.2) is 47.4 Å². The number of aromatic nitrogens is 1. The normalized spacial score (nSPS) is 10.1. The molecule has 23 heavy (non-hydrogen) atoms. The van der Waals surface area contributed by atoms with E-state index in [1.54, 1.807) is 24.3 Å². The van der Waals surface area contributed by atoms with Crippen LogP contribution in [-0.2, 0) is 11.3 Å². The molecule has 0 radical (unpaired) electrons. The highest BCUT2D eigenvalue weighted by molar-refractivity contribution is 6.03. The molecular formula is C16H14N2O5. The average Bonchev–Trinajstić information content (AvgIpc) is 2.49. The number of para-hydroxylation sites is 1. The van der Waals surface area contributed by atoms with E-state index in [0.717, 1.165) is 16.8 Å². The molecule has 0 atom stereocenters. The zero-order chi connectivity index (χ0) is 17.0. The van der Waals surface area contributed by atoms with Gasteiger partial charge in [-0.15, -0.1) is 0 Å². The SMILES string of the molecule is CC(=O)c1ccccc1NC(=O)Cn1cc(C(=O)O)ccc1=O. The molecule has 0 aliphatic heterocycles. The van der Waals surface area contributed by atoms with Gasteiger partial charge in [0, 0.05) is 17.8 Å². The summed E-state index contributed by atoms with van der Waals surface area (Å²) in [6, 6.07) is 8.75. The van der Waals surface area contributed by atoms with Crippen LogP contribution >= 0.6 is 0 Å². The molecule has 0 unspecified atom stereocenters. The van der Waals surface area contributed by atoms with Crippen LogP contribution in [-0.4, -0.2) is 27.3 Å². The van der Waals surface area contributed by atoms with E-state index in [0.29, 0.717) is 11.3 Å². The van der Waals surface area contributed by atoms with Gasteiger partial charge in [0.25, 0.3) is 5.56 Å². The van der Waals surface area contributed by atoms with Gasteiger partial charge in [-0.1, -0.05) is 12.1 Å². The molecule has 1 aromatic heterocycles. The number of carbonyl (C=O) groups excluding carboxylic acids is 2. The van der Waals surface area contributed by atoms with Crippen molar-refractivity contribution in [2.75, 3.05) is 5.32 Å². The Balaban J connectivity index is 2.21. The van der Waals surface area contributed by atoms with Gasteiger partial charge in [-0.25, -0.2) is 4.79 Å². The Hall–Kier alpha value is -3.22. The Bertz CT molecular complexity index is 838. The standard InChI is InChI=1S/C16H14N2O5/c1-10(19)12-4-2-3-5-13(12)17-14(20)9-18-8-11(16(22)23)6-7-15(18)21/h2-8H,9H2,1H3,(H,17,20)(H,22,23). The minimum Gasteiger partial charge on any atom is -0.478 e. The molecule has 1 amide bonds. The van der Waals surface area contributed by atoms with Gasteiger partial charge in [0.15, 0.2) is 5.78 Å². The minimum atomic E-state index is -1.19. The summed E-state index contributed by atoms with van der Waals surface area (Å²) in [4.78, 5) is 46.2. The molecule has 118 valence electrons. The molecule has 0 bridgehead atoms. The van der Waals surface area contributed by atoms with E-state index >= 15 is 0 Å². The van der Waals surface area contributed by atoms with Crippen LogP contribution in [0, 0.1) is 0 Å². The molecule has 0 saturated carbocycles. The van der Waals surface area contributed by atoms with Crippen molar-refractivity contribution in [3.63, 3.8) is 0 Å². The summed E-state index contributed by atoms with van der Waals surface area (Å²) < 4.78 is 0.995. The van der Waals surface area contributed by atoms with Crippen molar-refractivity contribution in [3.05, 3.63) is 64.1 Å². The monoisotopic (exact) mass is 314 g/mol. The number of amides is 1. The molecule has 2 rings (SSSR count). The molecule has 0 aliphatic carbocycles. The molecular weight excluding hydrogens is 300 g/mol. The zero-order valence-electron chi connectivity index (χ0n) is 12.3. The van der Waals surface area contributed by atoms with Crippen molar-refractivity contribution in [1.29, 1.82) is 0 Å². The van der Waals surface area contributed by atoms with Gasteiger partial charge in [-0.2, -0.15) is 0 Å². The summed E-state index contributed by atoms with van der Waals surface area (Å²) in [6.45, 7) is 1.03. The maximum atomic E-state index is 12.1. The number of nitrogens with one attached hydrogen (secondary N) is 1. The zero-order valence-corrected chi connectivity index (χ0v) is 12.3. The largest absolute Gasteiger partial charge is 0.478 e. The highest BCUT2D eigenvalue weighted by Crippen LogP contribution is 2.15. The Labute approximate surface area is 131 Å². The first-order valence-electron chi connectivity index (χ1n) is 6.72. The summed E-state index contributed by atoms with van der Waals surface area (Å²) in [5, 5.41) is 11.5. The molecule has 1 heterocycles. The van der Waals surface area contributed by atoms with Crippen molar-refractivity contribution in [2.24, 2.45) is 0 Å². The number of rotatable bonds is 5. The number of carbonyl (C=O) groups is 3. The van der Waals surface area contributed by atoms with Gasteiger partial charge in [0.1, 0.15) is 6.54 Å². The van der Waals surface area contributed by atoms with Crippen LogP contribution in [0.1, 0.15) is 27.6 Å². The molecule has 1 aromatic carbocycles. The fourth-order valence-corrected chi connectivity index (χ4v) is 2.02. The first-order valence-corrected chi connectivity index (χ1v) is 6.72. The number of hydrogen-bond donors (Lipinski definition) is 2. The van der Waals surface area contributed by atoms with Crippen LogP contribution in [0.4, 0.5) is 5.69 Å². The maximum absolute atomic E-state index is 12.1. The number of hydrogen-bond acceptors (Lipinski definition) is 4. The number of ketones is 1. The Morgan fingerprint density at radius 3 is 2.48 bits per heavy atom. The first-order chi connectivity index (χ1) is 10.9. The van der Waals surface area contributed by atoms with Gasteiger partial charge in [0.05, 0.1) is 11.3 Å². The minimum absolute atomic E-state index is 0.0958. The van der Waals surface area contributed by atoms with Crippen LogP contribution in [0.2, 0.25) is 0 Å². The number of pyridine rings is 1. The third-order valence-corrected chi connectivity index (χ3v) is 3.12. The van der Waals surface area contributed by atoms with Crippen molar-refractivity contribution in [2.45, 2.75) is 13.5 Å². The summed E-state index contributed by atoms with van der Waals surface area (Å²) in [5.74, 6) is -1.93. The first kappa shape index (κ1) is 16.2. The van der Waals surface area contributed by atoms with Crippen LogP contribution in [0.3, 0.4) is 0 Å². The number of nitrogens with zero attached hydrogens (tertiary/aromatic N) is 1. The number of anilines is 1. The van der Waals surface area contributed by atoms with Gasteiger partial charge in [-0.3, -0.25) is 14.4 Å². The lowest BCUT2D eigenvalue weighted by molar-refractivity contribution is -0.116. The maximum Gasteiger partial charge on any atom is 0.337 e. The van der Waals surface area contributed by atoms with Crippen molar-refractivity contribution < 1.29 is 19.5 Å². The van der Waals surface area contributed by atoms with Crippen molar-refractivity contribution >= 4 is 23.3 Å². The molecule has 2 aromatic rings. The van der Waals surface area contributed by atoms with E-state index < -0.39 is 17.4 Å². The lowest BCUT2D eigenvalue weighted by atomic mass is 10.1. The van der Waals surface area contributed by atoms with Gasteiger partial charge < -0.3 is 15.0 Å². The second-order valence-electron chi connectivity index (χ2n) is 4.84. The topological polar surface area (TPSA) is 105 Å². The van der Waals surface area contributed by atoms with Gasteiger partial charge in [-0.05, 0) is 25.1 Å². The summed E-state index contributed by atoms with van der Waals surface area (Å²) in [7, 11) is 0. The fraction of sp³-hybridized carbons (Fsp3) is 0.125. The fourth-order valence-electron chi connectivity index (χ4n) is 2.02. The molecule has 0 fully saturated rings. The Morgan fingerprint density at radius 1 is 1.13 bits per heavy atom. The van der Waals surface area contributed by atoms with E-state index in [1.165, 1.54) is 13.0 Å². The Morgan fingerprint density at radius 2 is 1.83 bits per heavy atom. The molecule has 0 aliphatic rings. The van der Waals surface area contributed by atoms with E-state index in [1.807, 2.05) is 0 Å². The van der Waals surface area contributed by atoms with Crippen molar-refractivity contribution in [1.82, 2.24) is 4.57 Å². The number of carboxylic acid groups (broad SMARTS) is 1. The van der Waals surface area contributed by atoms with Crippen LogP contribution < -0.4 is 10.9 Å². The van der Waals surface area contributed by atoms with Gasteiger partial charge >= 0.3 is 5.97 Å². The van der Waals surface area contributed by atoms with E-state index in [9.17, 15) is 19.2 Å². The lowest BCUT2D eigenvalue weighted by Crippen LogP contribution is -2.28. The smallest absolute Gasteiger partial charge is 0.337 e. The Kier molecular flexibility index (Phi) is 4.70. The molecule has 7 heteroatoms. The van der Waals surface area contributed by atoms with Gasteiger partial charge in [0.2, 0.25) is 5.91 Å². The molecule has 2 N–H and O–H groups in total. The van der Waals surface area contributed by atoms with E-state index in [4.69, 9.17) is 5.11 Å². The predicted molar refractivity (Wildman–Crippen MR) is 82.7 cm³/mol. The molecule has 0 saturated heterocycles. The number of benzene rings is 1. The van der Waals surface area contributed by atoms with E-state index in [-0.39, 0.29) is 17.9 Å². The highest BCUT2D eigenvalue weighted by atomic mass is 16.4. The summed E-state index contributed by atoms with van der Waals surface area (Å²) in [5.41, 5.74) is 0.103. The molecule has 7 nitrogen and oxygen atoms in total. The molecule has 0 spiro atoms. The summed E-state index contributed by atoms with van der Waals surface area (Å²) >= 11 is 0. The average molecular weight is 314 g/mol. The van der Waals surface area contributed by atoms with Crippen LogP contribution in [0.25, 0.3) is 0 Å². The third kappa shape index (κ3) is 3.91. The number of carboxylic acids is 1. The third-order valence-electron chi connectivity index (χ3n) is 3.12. The summed E-state index contributed by atoms with van der Waals surface area (Å²) in [6.07, 6.45) is 1.10. The van der Waals surface area contributed by atoms with E-state index in [2.05, 4.69) is 5.32 Å². The highest BCUT2D eigenvalue weighted by Gasteiger charge is 2.12.